The second-order valence-corrected chi connectivity index (χ2v) is 5.60. The molecular formula is C14H11ClINO. The Kier molecular flexibility index (Phi) is 4.24. The predicted molar refractivity (Wildman–Crippen MR) is 83.3 cm³/mol. The summed E-state index contributed by atoms with van der Waals surface area (Å²) in [5.41, 5.74) is 2.36. The Morgan fingerprint density at radius 1 is 1.17 bits per heavy atom. The standard InChI is InChI=1S/C14H11ClINO/c1-9-2-5-11(15)8-13(9)17-14(18)10-3-6-12(16)7-4-10/h2-8H,1H3,(H,17,18). The third-order valence-corrected chi connectivity index (χ3v) is 3.51. The molecule has 0 aliphatic carbocycles. The highest BCUT2D eigenvalue weighted by Gasteiger charge is 2.07. The van der Waals surface area contributed by atoms with Crippen LogP contribution in [-0.4, -0.2) is 5.91 Å². The number of halogens is 2. The molecule has 0 aromatic heterocycles. The van der Waals surface area contributed by atoms with Gasteiger partial charge in [-0.25, -0.2) is 0 Å². The fraction of sp³-hybridized carbons (Fsp3) is 0.0714. The number of hydrogen-bond acceptors (Lipinski definition) is 1. The molecule has 4 heteroatoms. The first-order valence-corrected chi connectivity index (χ1v) is 6.85. The zero-order chi connectivity index (χ0) is 13.1. The van der Waals surface area contributed by atoms with Crippen molar-refractivity contribution in [2.45, 2.75) is 6.92 Å². The maximum Gasteiger partial charge on any atom is 0.255 e. The van der Waals surface area contributed by atoms with E-state index in [1.165, 1.54) is 0 Å². The van der Waals surface area contributed by atoms with Crippen molar-refractivity contribution in [1.29, 1.82) is 0 Å². The van der Waals surface area contributed by atoms with Gasteiger partial charge in [-0.05, 0) is 71.5 Å². The lowest BCUT2D eigenvalue weighted by Gasteiger charge is -2.08. The van der Waals surface area contributed by atoms with Gasteiger partial charge in [-0.1, -0.05) is 17.7 Å². The van der Waals surface area contributed by atoms with Gasteiger partial charge in [-0.3, -0.25) is 4.79 Å². The Balaban J connectivity index is 2.21. The van der Waals surface area contributed by atoms with E-state index in [0.717, 1.165) is 14.8 Å². The number of carbonyl (C=O) groups excluding carboxylic acids is 1. The molecule has 1 N–H and O–H groups in total. The summed E-state index contributed by atoms with van der Waals surface area (Å²) in [6.45, 7) is 1.93. The summed E-state index contributed by atoms with van der Waals surface area (Å²) >= 11 is 8.12. The van der Waals surface area contributed by atoms with Gasteiger partial charge in [-0.15, -0.1) is 0 Å². The van der Waals surface area contributed by atoms with Crippen LogP contribution in [-0.2, 0) is 0 Å². The molecule has 0 fully saturated rings. The van der Waals surface area contributed by atoms with Crippen LogP contribution in [0.1, 0.15) is 15.9 Å². The van der Waals surface area contributed by atoms with E-state index >= 15 is 0 Å². The molecule has 0 unspecified atom stereocenters. The summed E-state index contributed by atoms with van der Waals surface area (Å²) in [6, 6.07) is 12.8. The van der Waals surface area contributed by atoms with Gasteiger partial charge in [0.15, 0.2) is 0 Å². The molecule has 0 atom stereocenters. The number of aryl methyl sites for hydroxylation is 1. The smallest absolute Gasteiger partial charge is 0.255 e. The van der Waals surface area contributed by atoms with Crippen molar-refractivity contribution < 1.29 is 4.79 Å². The van der Waals surface area contributed by atoms with Crippen LogP contribution in [0.5, 0.6) is 0 Å². The van der Waals surface area contributed by atoms with Crippen LogP contribution < -0.4 is 5.32 Å². The summed E-state index contributed by atoms with van der Waals surface area (Å²) in [6.07, 6.45) is 0. The van der Waals surface area contributed by atoms with Gasteiger partial charge in [0.05, 0.1) is 0 Å². The van der Waals surface area contributed by atoms with Crippen LogP contribution in [0.15, 0.2) is 42.5 Å². The number of anilines is 1. The first kappa shape index (κ1) is 13.4. The highest BCUT2D eigenvalue weighted by atomic mass is 127. The lowest BCUT2D eigenvalue weighted by Crippen LogP contribution is -2.12. The average Bonchev–Trinajstić information content (AvgIpc) is 2.34. The largest absolute Gasteiger partial charge is 0.322 e. The molecule has 0 radical (unpaired) electrons. The Labute approximate surface area is 124 Å². The quantitative estimate of drug-likeness (QED) is 0.774. The van der Waals surface area contributed by atoms with Gasteiger partial charge in [-0.2, -0.15) is 0 Å². The fourth-order valence-corrected chi connectivity index (χ4v) is 2.06. The first-order valence-electron chi connectivity index (χ1n) is 5.39. The zero-order valence-electron chi connectivity index (χ0n) is 9.71. The molecule has 0 aliphatic rings. The average molecular weight is 372 g/mol. The number of hydrogen-bond donors (Lipinski definition) is 1. The van der Waals surface area contributed by atoms with Crippen molar-refractivity contribution in [3.63, 3.8) is 0 Å². The fourth-order valence-electron chi connectivity index (χ4n) is 1.52. The van der Waals surface area contributed by atoms with Crippen molar-refractivity contribution in [3.05, 3.63) is 62.2 Å². The number of carbonyl (C=O) groups is 1. The van der Waals surface area contributed by atoms with Gasteiger partial charge < -0.3 is 5.32 Å². The van der Waals surface area contributed by atoms with E-state index in [2.05, 4.69) is 27.9 Å². The molecule has 2 aromatic carbocycles. The van der Waals surface area contributed by atoms with Crippen LogP contribution in [0.2, 0.25) is 5.02 Å². The van der Waals surface area contributed by atoms with Crippen LogP contribution in [0.25, 0.3) is 0 Å². The minimum Gasteiger partial charge on any atom is -0.322 e. The summed E-state index contributed by atoms with van der Waals surface area (Å²) in [4.78, 5) is 12.0. The molecular weight excluding hydrogens is 361 g/mol. The second-order valence-electron chi connectivity index (χ2n) is 3.92. The van der Waals surface area contributed by atoms with E-state index in [1.54, 1.807) is 24.3 Å². The highest BCUT2D eigenvalue weighted by molar-refractivity contribution is 14.1. The SMILES string of the molecule is Cc1ccc(Cl)cc1NC(=O)c1ccc(I)cc1. The van der Waals surface area contributed by atoms with E-state index in [-0.39, 0.29) is 5.91 Å². The minimum absolute atomic E-state index is 0.128. The normalized spacial score (nSPS) is 10.2. The summed E-state index contributed by atoms with van der Waals surface area (Å²) in [5, 5.41) is 3.47. The number of rotatable bonds is 2. The lowest BCUT2D eigenvalue weighted by molar-refractivity contribution is 0.102. The molecule has 1 amide bonds. The molecule has 0 saturated carbocycles. The topological polar surface area (TPSA) is 29.1 Å². The molecule has 2 aromatic rings. The van der Waals surface area contributed by atoms with Gasteiger partial charge in [0.25, 0.3) is 5.91 Å². The molecule has 2 rings (SSSR count). The Bertz CT molecular complexity index is 581. The van der Waals surface area contributed by atoms with Gasteiger partial charge in [0.1, 0.15) is 0 Å². The van der Waals surface area contributed by atoms with E-state index in [9.17, 15) is 4.79 Å². The third kappa shape index (κ3) is 3.23. The maximum absolute atomic E-state index is 12.0. The predicted octanol–water partition coefficient (Wildman–Crippen LogP) is 4.51. The van der Waals surface area contributed by atoms with E-state index in [1.807, 2.05) is 25.1 Å². The second kappa shape index (κ2) is 5.71. The molecule has 0 spiro atoms. The zero-order valence-corrected chi connectivity index (χ0v) is 12.6. The van der Waals surface area contributed by atoms with Crippen LogP contribution >= 0.6 is 34.2 Å². The van der Waals surface area contributed by atoms with Gasteiger partial charge in [0, 0.05) is 19.8 Å². The van der Waals surface area contributed by atoms with Crippen molar-refractivity contribution in [2.24, 2.45) is 0 Å². The molecule has 0 saturated heterocycles. The van der Waals surface area contributed by atoms with Gasteiger partial charge >= 0.3 is 0 Å². The van der Waals surface area contributed by atoms with Crippen molar-refractivity contribution >= 4 is 45.8 Å². The lowest BCUT2D eigenvalue weighted by atomic mass is 10.1. The van der Waals surface area contributed by atoms with Crippen molar-refractivity contribution in [1.82, 2.24) is 0 Å². The maximum atomic E-state index is 12.0. The first-order chi connectivity index (χ1) is 8.56. The Morgan fingerprint density at radius 2 is 1.83 bits per heavy atom. The third-order valence-electron chi connectivity index (χ3n) is 2.55. The Morgan fingerprint density at radius 3 is 2.50 bits per heavy atom. The Hall–Kier alpha value is -1.07. The number of amides is 1. The molecule has 0 bridgehead atoms. The van der Waals surface area contributed by atoms with Gasteiger partial charge in [0.2, 0.25) is 0 Å². The van der Waals surface area contributed by atoms with Crippen molar-refractivity contribution in [2.75, 3.05) is 5.32 Å². The van der Waals surface area contributed by atoms with Crippen LogP contribution in [0.3, 0.4) is 0 Å². The monoisotopic (exact) mass is 371 g/mol. The van der Waals surface area contributed by atoms with E-state index in [0.29, 0.717) is 10.6 Å². The number of nitrogens with one attached hydrogen (secondary N) is 1. The molecule has 18 heavy (non-hydrogen) atoms. The van der Waals surface area contributed by atoms with Crippen LogP contribution in [0, 0.1) is 10.5 Å². The summed E-state index contributed by atoms with van der Waals surface area (Å²) < 4.78 is 1.10. The molecule has 2 nitrogen and oxygen atoms in total. The minimum atomic E-state index is -0.128. The molecule has 0 aliphatic heterocycles. The molecule has 92 valence electrons. The number of benzene rings is 2. The van der Waals surface area contributed by atoms with E-state index in [4.69, 9.17) is 11.6 Å². The van der Waals surface area contributed by atoms with Crippen molar-refractivity contribution in [3.8, 4) is 0 Å². The van der Waals surface area contributed by atoms with Crippen LogP contribution in [0.4, 0.5) is 5.69 Å². The van der Waals surface area contributed by atoms with E-state index < -0.39 is 0 Å². The highest BCUT2D eigenvalue weighted by Crippen LogP contribution is 2.21. The molecule has 0 heterocycles. The summed E-state index contributed by atoms with van der Waals surface area (Å²) in [7, 11) is 0. The summed E-state index contributed by atoms with van der Waals surface area (Å²) in [5.74, 6) is -0.128.